The number of rotatable bonds is 6. The Hall–Kier alpha value is -1.04. The predicted molar refractivity (Wildman–Crippen MR) is 85.0 cm³/mol. The minimum Gasteiger partial charge on any atom is -0.481 e. The summed E-state index contributed by atoms with van der Waals surface area (Å²) in [6, 6.07) is 8.33. The van der Waals surface area contributed by atoms with Crippen LogP contribution >= 0.6 is 11.8 Å². The SMILES string of the molecule is CC(C)N1CCOC(CSc2ccc(CC(=O)O)cc2)C1. The topological polar surface area (TPSA) is 49.8 Å². The minimum atomic E-state index is -0.792. The monoisotopic (exact) mass is 309 g/mol. The molecule has 0 radical (unpaired) electrons. The molecule has 1 atom stereocenters. The molecule has 4 nitrogen and oxygen atoms in total. The predicted octanol–water partition coefficient (Wildman–Crippen LogP) is 2.52. The van der Waals surface area contributed by atoms with Gasteiger partial charge in [-0.25, -0.2) is 0 Å². The molecule has 1 aliphatic heterocycles. The average molecular weight is 309 g/mol. The number of hydrogen-bond acceptors (Lipinski definition) is 4. The van der Waals surface area contributed by atoms with Gasteiger partial charge < -0.3 is 9.84 Å². The van der Waals surface area contributed by atoms with Crippen LogP contribution in [0.15, 0.2) is 29.2 Å². The van der Waals surface area contributed by atoms with Gasteiger partial charge in [0.1, 0.15) is 0 Å². The lowest BCUT2D eigenvalue weighted by Gasteiger charge is -2.35. The lowest BCUT2D eigenvalue weighted by Crippen LogP contribution is -2.46. The molecule has 1 aliphatic rings. The first-order chi connectivity index (χ1) is 10.0. The van der Waals surface area contributed by atoms with Crippen LogP contribution in [0.25, 0.3) is 0 Å². The number of benzene rings is 1. The van der Waals surface area contributed by atoms with Crippen molar-refractivity contribution in [3.05, 3.63) is 29.8 Å². The summed E-state index contributed by atoms with van der Waals surface area (Å²) >= 11 is 1.77. The summed E-state index contributed by atoms with van der Waals surface area (Å²) < 4.78 is 5.82. The van der Waals surface area contributed by atoms with Gasteiger partial charge in [-0.3, -0.25) is 9.69 Å². The van der Waals surface area contributed by atoms with Crippen LogP contribution in [0.3, 0.4) is 0 Å². The Morgan fingerprint density at radius 1 is 1.43 bits per heavy atom. The zero-order valence-corrected chi connectivity index (χ0v) is 13.4. The molecule has 1 saturated heterocycles. The fourth-order valence-electron chi connectivity index (χ4n) is 2.38. The van der Waals surface area contributed by atoms with Crippen molar-refractivity contribution < 1.29 is 14.6 Å². The van der Waals surface area contributed by atoms with E-state index >= 15 is 0 Å². The van der Waals surface area contributed by atoms with E-state index in [9.17, 15) is 4.79 Å². The third-order valence-electron chi connectivity index (χ3n) is 3.62. The Labute approximate surface area is 130 Å². The normalized spacial score (nSPS) is 19.9. The fourth-order valence-corrected chi connectivity index (χ4v) is 3.29. The molecular formula is C16H23NO3S. The summed E-state index contributed by atoms with van der Waals surface area (Å²) in [4.78, 5) is 14.3. The number of ether oxygens (including phenoxy) is 1. The fraction of sp³-hybridized carbons (Fsp3) is 0.562. The highest BCUT2D eigenvalue weighted by Gasteiger charge is 2.22. The number of aliphatic carboxylic acids is 1. The Balaban J connectivity index is 1.81. The van der Waals surface area contributed by atoms with Crippen LogP contribution in [-0.2, 0) is 16.0 Å². The van der Waals surface area contributed by atoms with E-state index in [2.05, 4.69) is 18.7 Å². The number of nitrogens with zero attached hydrogens (tertiary/aromatic N) is 1. The number of hydrogen-bond donors (Lipinski definition) is 1. The number of carboxylic acids is 1. The van der Waals surface area contributed by atoms with Gasteiger partial charge in [0.25, 0.3) is 0 Å². The van der Waals surface area contributed by atoms with E-state index in [-0.39, 0.29) is 12.5 Å². The molecule has 1 unspecified atom stereocenters. The first-order valence-corrected chi connectivity index (χ1v) is 8.32. The van der Waals surface area contributed by atoms with Gasteiger partial charge >= 0.3 is 5.97 Å². The van der Waals surface area contributed by atoms with Crippen LogP contribution in [0.1, 0.15) is 19.4 Å². The highest BCUT2D eigenvalue weighted by atomic mass is 32.2. The number of morpholine rings is 1. The van der Waals surface area contributed by atoms with E-state index in [1.807, 2.05) is 24.3 Å². The van der Waals surface area contributed by atoms with E-state index < -0.39 is 5.97 Å². The Morgan fingerprint density at radius 2 is 2.14 bits per heavy atom. The largest absolute Gasteiger partial charge is 0.481 e. The van der Waals surface area contributed by atoms with Gasteiger partial charge in [0.05, 0.1) is 19.1 Å². The molecule has 0 bridgehead atoms. The summed E-state index contributed by atoms with van der Waals surface area (Å²) in [6.07, 6.45) is 0.352. The second kappa shape index (κ2) is 7.82. The van der Waals surface area contributed by atoms with Crippen LogP contribution in [0.5, 0.6) is 0 Å². The third kappa shape index (κ3) is 5.34. The highest BCUT2D eigenvalue weighted by molar-refractivity contribution is 7.99. The van der Waals surface area contributed by atoms with Gasteiger partial charge in [0.15, 0.2) is 0 Å². The molecule has 1 aromatic rings. The molecule has 0 amide bonds. The summed E-state index contributed by atoms with van der Waals surface area (Å²) in [6.45, 7) is 7.25. The van der Waals surface area contributed by atoms with Crippen LogP contribution in [0.4, 0.5) is 0 Å². The van der Waals surface area contributed by atoms with Crippen LogP contribution in [0.2, 0.25) is 0 Å². The maximum atomic E-state index is 10.6. The molecule has 1 heterocycles. The zero-order valence-electron chi connectivity index (χ0n) is 12.6. The molecule has 1 N–H and O–H groups in total. The zero-order chi connectivity index (χ0) is 15.2. The summed E-state index contributed by atoms with van der Waals surface area (Å²) in [7, 11) is 0. The Bertz CT molecular complexity index is 461. The van der Waals surface area contributed by atoms with Crippen molar-refractivity contribution in [2.45, 2.75) is 37.3 Å². The molecular weight excluding hydrogens is 286 g/mol. The molecule has 0 saturated carbocycles. The lowest BCUT2D eigenvalue weighted by molar-refractivity contribution is -0.136. The molecule has 1 aromatic carbocycles. The summed E-state index contributed by atoms with van der Waals surface area (Å²) in [5.41, 5.74) is 0.840. The maximum Gasteiger partial charge on any atom is 0.307 e. The Kier molecular flexibility index (Phi) is 6.08. The molecule has 0 aromatic heterocycles. The van der Waals surface area contributed by atoms with E-state index in [4.69, 9.17) is 9.84 Å². The van der Waals surface area contributed by atoms with Gasteiger partial charge in [-0.2, -0.15) is 0 Å². The number of carboxylic acid groups (broad SMARTS) is 1. The van der Waals surface area contributed by atoms with Crippen molar-refractivity contribution in [3.63, 3.8) is 0 Å². The molecule has 1 fully saturated rings. The first-order valence-electron chi connectivity index (χ1n) is 7.34. The molecule has 5 heteroatoms. The van der Waals surface area contributed by atoms with E-state index in [1.165, 1.54) is 0 Å². The third-order valence-corrected chi connectivity index (χ3v) is 4.76. The second-order valence-corrected chi connectivity index (χ2v) is 6.70. The van der Waals surface area contributed by atoms with Crippen molar-refractivity contribution in [1.82, 2.24) is 4.90 Å². The second-order valence-electron chi connectivity index (χ2n) is 5.61. The van der Waals surface area contributed by atoms with Crippen molar-refractivity contribution in [2.24, 2.45) is 0 Å². The van der Waals surface area contributed by atoms with Crippen LogP contribution < -0.4 is 0 Å². The van der Waals surface area contributed by atoms with Crippen LogP contribution in [-0.4, -0.2) is 53.6 Å². The molecule has 116 valence electrons. The quantitative estimate of drug-likeness (QED) is 0.818. The first kappa shape index (κ1) is 16.3. The van der Waals surface area contributed by atoms with Crippen LogP contribution in [0, 0.1) is 0 Å². The van der Waals surface area contributed by atoms with Gasteiger partial charge in [-0.05, 0) is 31.5 Å². The Morgan fingerprint density at radius 3 is 2.76 bits per heavy atom. The van der Waals surface area contributed by atoms with E-state index in [1.54, 1.807) is 11.8 Å². The summed E-state index contributed by atoms with van der Waals surface area (Å²) in [5, 5.41) is 8.75. The van der Waals surface area contributed by atoms with Crippen molar-refractivity contribution >= 4 is 17.7 Å². The lowest BCUT2D eigenvalue weighted by atomic mass is 10.2. The molecule has 21 heavy (non-hydrogen) atoms. The number of thioether (sulfide) groups is 1. The minimum absolute atomic E-state index is 0.0834. The van der Waals surface area contributed by atoms with Gasteiger partial charge in [0.2, 0.25) is 0 Å². The summed E-state index contributed by atoms with van der Waals surface area (Å²) in [5.74, 6) is 0.140. The van der Waals surface area contributed by atoms with Crippen molar-refractivity contribution in [3.8, 4) is 0 Å². The smallest absolute Gasteiger partial charge is 0.307 e. The molecule has 0 spiro atoms. The van der Waals surface area contributed by atoms with Gasteiger partial charge in [-0.15, -0.1) is 11.8 Å². The van der Waals surface area contributed by atoms with Gasteiger partial charge in [-0.1, -0.05) is 12.1 Å². The van der Waals surface area contributed by atoms with Gasteiger partial charge in [0, 0.05) is 29.8 Å². The maximum absolute atomic E-state index is 10.6. The average Bonchev–Trinajstić information content (AvgIpc) is 2.46. The highest BCUT2D eigenvalue weighted by Crippen LogP contribution is 2.22. The molecule has 2 rings (SSSR count). The standard InChI is InChI=1S/C16H23NO3S/c1-12(2)17-7-8-20-14(10-17)11-21-15-5-3-13(4-6-15)9-16(18)19/h3-6,12,14H,7-11H2,1-2H3,(H,18,19). The number of carbonyl (C=O) groups is 1. The van der Waals surface area contributed by atoms with E-state index in [0.717, 1.165) is 35.9 Å². The van der Waals surface area contributed by atoms with E-state index in [0.29, 0.717) is 6.04 Å². The van der Waals surface area contributed by atoms with Crippen molar-refractivity contribution in [1.29, 1.82) is 0 Å². The molecule has 0 aliphatic carbocycles. The van der Waals surface area contributed by atoms with Crippen molar-refractivity contribution in [2.75, 3.05) is 25.4 Å².